The third-order valence-corrected chi connectivity index (χ3v) is 8.61. The number of aliphatic hydroxyl groups is 1. The number of carbonyl (C=O) groups excluding carboxylic acids is 1. The van der Waals surface area contributed by atoms with Crippen molar-refractivity contribution in [2.75, 3.05) is 18.9 Å². The summed E-state index contributed by atoms with van der Waals surface area (Å²) in [6.07, 6.45) is -3.40. The highest BCUT2D eigenvalue weighted by Gasteiger charge is 2.58. The van der Waals surface area contributed by atoms with Crippen LogP contribution in [0.3, 0.4) is 0 Å². The third-order valence-electron chi connectivity index (χ3n) is 7.77. The molecule has 1 aliphatic carbocycles. The quantitative estimate of drug-likeness (QED) is 0.270. The number of nitrogens with two attached hydrogens (primary N) is 1. The van der Waals surface area contributed by atoms with Crippen molar-refractivity contribution in [3.05, 3.63) is 71.2 Å². The van der Waals surface area contributed by atoms with E-state index in [1.54, 1.807) is 6.07 Å². The Hall–Kier alpha value is -3.77. The molecule has 2 aromatic carbocycles. The van der Waals surface area contributed by atoms with Crippen LogP contribution in [0.2, 0.25) is 0 Å². The minimum Gasteiger partial charge on any atom is -0.490 e. The number of nitrogens with zero attached hydrogens (tertiary/aromatic N) is 2. The maximum atomic E-state index is 14.6. The Kier molecular flexibility index (Phi) is 6.04. The molecule has 12 heteroatoms. The average molecular weight is 573 g/mol. The number of carbonyl (C=O) groups is 1. The zero-order valence-corrected chi connectivity index (χ0v) is 22.0. The van der Waals surface area contributed by atoms with Gasteiger partial charge in [0.05, 0.1) is 29.1 Å². The molecule has 40 heavy (non-hydrogen) atoms. The van der Waals surface area contributed by atoms with E-state index >= 15 is 0 Å². The Morgan fingerprint density at radius 1 is 1.18 bits per heavy atom. The number of rotatable bonds is 6. The van der Waals surface area contributed by atoms with Crippen LogP contribution in [0.5, 0.6) is 5.75 Å². The van der Waals surface area contributed by atoms with E-state index in [9.17, 15) is 27.5 Å². The Labute approximate surface area is 230 Å². The number of ether oxygens (including phenoxy) is 1. The van der Waals surface area contributed by atoms with E-state index in [0.29, 0.717) is 32.2 Å². The molecule has 1 aliphatic heterocycles. The molecule has 4 N–H and O–H groups in total. The Morgan fingerprint density at radius 2 is 1.90 bits per heavy atom. The molecule has 208 valence electrons. The second-order valence-electron chi connectivity index (χ2n) is 10.5. The van der Waals surface area contributed by atoms with E-state index in [2.05, 4.69) is 15.3 Å². The summed E-state index contributed by atoms with van der Waals surface area (Å²) in [5.74, 6) is -0.813. The number of thiazole rings is 1. The van der Waals surface area contributed by atoms with Gasteiger partial charge in [0.15, 0.2) is 5.13 Å². The first-order valence-corrected chi connectivity index (χ1v) is 13.4. The topological polar surface area (TPSA) is 110 Å². The fourth-order valence-corrected chi connectivity index (χ4v) is 5.98. The molecule has 1 amide bonds. The van der Waals surface area contributed by atoms with Crippen molar-refractivity contribution in [2.45, 2.75) is 37.0 Å². The number of amides is 1. The monoisotopic (exact) mass is 572 g/mol. The molecular weight excluding hydrogens is 548 g/mol. The van der Waals surface area contributed by atoms with Gasteiger partial charge in [-0.25, -0.2) is 14.4 Å². The highest BCUT2D eigenvalue weighted by Crippen LogP contribution is 2.55. The lowest BCUT2D eigenvalue weighted by molar-refractivity contribution is -0.265. The molecule has 0 bridgehead atoms. The van der Waals surface area contributed by atoms with Crippen molar-refractivity contribution < 1.29 is 32.2 Å². The molecular formula is C28H24F4N4O3S. The van der Waals surface area contributed by atoms with Gasteiger partial charge in [0.1, 0.15) is 17.3 Å². The summed E-state index contributed by atoms with van der Waals surface area (Å²) in [4.78, 5) is 21.2. The van der Waals surface area contributed by atoms with Gasteiger partial charge in [-0.1, -0.05) is 18.3 Å². The van der Waals surface area contributed by atoms with Gasteiger partial charge in [-0.05, 0) is 67.3 Å². The number of pyridine rings is 1. The predicted octanol–water partition coefficient (Wildman–Crippen LogP) is 5.32. The summed E-state index contributed by atoms with van der Waals surface area (Å²) in [6.45, 7) is 0.984. The number of alkyl halides is 3. The highest BCUT2D eigenvalue weighted by atomic mass is 32.1. The predicted molar refractivity (Wildman–Crippen MR) is 142 cm³/mol. The van der Waals surface area contributed by atoms with E-state index in [4.69, 9.17) is 10.5 Å². The highest BCUT2D eigenvalue weighted by molar-refractivity contribution is 7.22. The van der Waals surface area contributed by atoms with Crippen LogP contribution in [0.1, 0.15) is 41.4 Å². The summed E-state index contributed by atoms with van der Waals surface area (Å²) in [5, 5.41) is 13.8. The van der Waals surface area contributed by atoms with Crippen LogP contribution in [-0.2, 0) is 11.0 Å². The normalized spacial score (nSPS) is 20.1. The summed E-state index contributed by atoms with van der Waals surface area (Å²) < 4.78 is 64.1. The lowest BCUT2D eigenvalue weighted by Gasteiger charge is -2.32. The molecule has 7 nitrogen and oxygen atoms in total. The van der Waals surface area contributed by atoms with E-state index in [1.165, 1.54) is 42.5 Å². The fraction of sp³-hybridized carbons (Fsp3) is 0.321. The van der Waals surface area contributed by atoms with Gasteiger partial charge in [0, 0.05) is 22.1 Å². The van der Waals surface area contributed by atoms with Crippen LogP contribution < -0.4 is 15.8 Å². The minimum atomic E-state index is -5.20. The van der Waals surface area contributed by atoms with Crippen molar-refractivity contribution in [3.63, 3.8) is 0 Å². The van der Waals surface area contributed by atoms with Crippen molar-refractivity contribution in [3.8, 4) is 17.0 Å². The maximum Gasteiger partial charge on any atom is 0.424 e. The van der Waals surface area contributed by atoms with Crippen LogP contribution >= 0.6 is 11.3 Å². The molecule has 4 aromatic rings. The lowest BCUT2D eigenvalue weighted by Crippen LogP contribution is -2.51. The van der Waals surface area contributed by atoms with Gasteiger partial charge >= 0.3 is 6.18 Å². The smallest absolute Gasteiger partial charge is 0.424 e. The molecule has 3 heterocycles. The molecule has 0 saturated heterocycles. The molecule has 0 spiro atoms. The van der Waals surface area contributed by atoms with Crippen molar-refractivity contribution in [1.29, 1.82) is 0 Å². The number of hydrogen-bond acceptors (Lipinski definition) is 7. The number of aromatic nitrogens is 2. The van der Waals surface area contributed by atoms with Gasteiger partial charge < -0.3 is 20.9 Å². The summed E-state index contributed by atoms with van der Waals surface area (Å²) >= 11 is 1.14. The average Bonchev–Trinajstić information content (AvgIpc) is 3.63. The molecule has 0 radical (unpaired) electrons. The second kappa shape index (κ2) is 9.13. The molecule has 0 unspecified atom stereocenters. The Bertz CT molecular complexity index is 1640. The SMILES string of the molecule is C[C@@]1(C2CC2)COc2c1cc([C@@](O)(CNC(=O)c1ccc3nc(N)sc3c1)C(F)(F)F)nc2-c1ccc(F)cc1. The standard InChI is InChI=1S/C28H24F4N4O3S/c1-26(16-5-6-16)13-39-23-18(26)11-21(36-22(23)14-2-7-17(29)8-3-14)27(38,28(30,31)32)12-34-24(37)15-4-9-19-20(10-15)40-25(33)35-19/h2-4,7-11,16,38H,5-6,12-13H2,1H3,(H2,33,35)(H,34,37)/t26-,27-/m0/s1. The first-order valence-electron chi connectivity index (χ1n) is 12.6. The zero-order chi connectivity index (χ0) is 28.4. The maximum absolute atomic E-state index is 14.6. The molecule has 1 fully saturated rings. The van der Waals surface area contributed by atoms with E-state index in [1.807, 2.05) is 6.92 Å². The number of nitrogens with one attached hydrogen (secondary N) is 1. The van der Waals surface area contributed by atoms with Crippen LogP contribution in [-0.4, -0.2) is 40.3 Å². The summed E-state index contributed by atoms with van der Waals surface area (Å²) in [6, 6.07) is 10.8. The third kappa shape index (κ3) is 4.35. The first kappa shape index (κ1) is 26.5. The molecule has 6 rings (SSSR count). The second-order valence-corrected chi connectivity index (χ2v) is 11.6. The fourth-order valence-electron chi connectivity index (χ4n) is 5.21. The van der Waals surface area contributed by atoms with Gasteiger partial charge in [0.25, 0.3) is 5.91 Å². The van der Waals surface area contributed by atoms with Crippen molar-refractivity contribution in [2.24, 2.45) is 5.92 Å². The van der Waals surface area contributed by atoms with Crippen LogP contribution in [0.4, 0.5) is 22.7 Å². The summed E-state index contributed by atoms with van der Waals surface area (Å²) in [7, 11) is 0. The molecule has 1 saturated carbocycles. The Balaban J connectivity index is 1.41. The van der Waals surface area contributed by atoms with Gasteiger partial charge in [-0.15, -0.1) is 0 Å². The van der Waals surface area contributed by atoms with Gasteiger partial charge in [0.2, 0.25) is 5.60 Å². The number of anilines is 1. The van der Waals surface area contributed by atoms with Crippen molar-refractivity contribution in [1.82, 2.24) is 15.3 Å². The minimum absolute atomic E-state index is 0.0686. The van der Waals surface area contributed by atoms with E-state index in [-0.39, 0.29) is 23.8 Å². The Morgan fingerprint density at radius 3 is 2.58 bits per heavy atom. The van der Waals surface area contributed by atoms with Gasteiger partial charge in [-0.2, -0.15) is 13.2 Å². The molecule has 2 atom stereocenters. The number of nitrogen functional groups attached to an aromatic ring is 1. The number of hydrogen-bond donors (Lipinski definition) is 3. The molecule has 2 aliphatic rings. The molecule has 2 aromatic heterocycles. The van der Waals surface area contributed by atoms with E-state index in [0.717, 1.165) is 24.2 Å². The number of benzene rings is 2. The van der Waals surface area contributed by atoms with Crippen molar-refractivity contribution >= 4 is 32.6 Å². The first-order chi connectivity index (χ1) is 18.9. The van der Waals surface area contributed by atoms with Crippen LogP contribution in [0.15, 0.2) is 48.5 Å². The summed E-state index contributed by atoms with van der Waals surface area (Å²) in [5.41, 5.74) is 2.47. The number of fused-ring (bicyclic) bond motifs is 2. The zero-order valence-electron chi connectivity index (χ0n) is 21.2. The lowest BCUT2D eigenvalue weighted by atomic mass is 9.78. The van der Waals surface area contributed by atoms with Crippen LogP contribution in [0, 0.1) is 11.7 Å². The number of halogens is 4. The van der Waals surface area contributed by atoms with Crippen LogP contribution in [0.25, 0.3) is 21.5 Å². The largest absolute Gasteiger partial charge is 0.490 e. The van der Waals surface area contributed by atoms with Gasteiger partial charge in [-0.3, -0.25) is 4.79 Å². The van der Waals surface area contributed by atoms with E-state index < -0.39 is 41.2 Å².